The highest BCUT2D eigenvalue weighted by Crippen LogP contribution is 2.28. The molecule has 0 saturated carbocycles. The number of rotatable bonds is 3. The number of hydrogen-bond acceptors (Lipinski definition) is 3. The van der Waals surface area contributed by atoms with E-state index in [0.29, 0.717) is 12.1 Å². The van der Waals surface area contributed by atoms with Gasteiger partial charge in [0.1, 0.15) is 0 Å². The fourth-order valence-electron chi connectivity index (χ4n) is 1.66. The summed E-state index contributed by atoms with van der Waals surface area (Å²) in [5, 5.41) is 11.9. The van der Waals surface area contributed by atoms with Gasteiger partial charge in [0.2, 0.25) is 0 Å². The fourth-order valence-corrected chi connectivity index (χ4v) is 1.66. The molecular weight excluding hydrogens is 287 g/mol. The van der Waals surface area contributed by atoms with Crippen LogP contribution in [-0.2, 0) is 0 Å². The van der Waals surface area contributed by atoms with Gasteiger partial charge in [-0.2, -0.15) is 0 Å². The lowest BCUT2D eigenvalue weighted by atomic mass is 10.2. The number of benzene rings is 2. The van der Waals surface area contributed by atoms with Crippen LogP contribution in [0.25, 0.3) is 0 Å². The highest BCUT2D eigenvalue weighted by molar-refractivity contribution is 6.04. The number of hydrogen-bond donors (Lipinski definition) is 2. The third-order valence-corrected chi connectivity index (χ3v) is 2.68. The highest BCUT2D eigenvalue weighted by atomic mass is 19.2. The van der Waals surface area contributed by atoms with Crippen molar-refractivity contribution >= 4 is 11.6 Å². The zero-order valence-corrected chi connectivity index (χ0v) is 10.8. The number of amides is 1. The summed E-state index contributed by atoms with van der Waals surface area (Å²) in [6, 6.07) is 5.19. The van der Waals surface area contributed by atoms with Crippen LogP contribution in [0, 0.1) is 17.5 Å². The van der Waals surface area contributed by atoms with Crippen LogP contribution in [0.3, 0.4) is 0 Å². The van der Waals surface area contributed by atoms with Gasteiger partial charge in [-0.1, -0.05) is 0 Å². The van der Waals surface area contributed by atoms with Gasteiger partial charge in [-0.05, 0) is 24.3 Å². The molecule has 0 aliphatic carbocycles. The molecule has 0 atom stereocenters. The van der Waals surface area contributed by atoms with Crippen LogP contribution in [0.1, 0.15) is 10.4 Å². The SMILES string of the molecule is COc1ccc(NC(=O)c2cc(F)c(F)c(F)c2)cc1O. The molecule has 0 saturated heterocycles. The van der Waals surface area contributed by atoms with Crippen LogP contribution >= 0.6 is 0 Å². The summed E-state index contributed by atoms with van der Waals surface area (Å²) in [7, 11) is 1.36. The van der Waals surface area contributed by atoms with Crippen LogP contribution < -0.4 is 10.1 Å². The first-order valence-electron chi connectivity index (χ1n) is 5.75. The van der Waals surface area contributed by atoms with E-state index in [1.165, 1.54) is 25.3 Å². The number of nitrogens with one attached hydrogen (secondary N) is 1. The number of phenols is 1. The molecule has 2 N–H and O–H groups in total. The van der Waals surface area contributed by atoms with E-state index >= 15 is 0 Å². The summed E-state index contributed by atoms with van der Waals surface area (Å²) in [6.45, 7) is 0. The van der Waals surface area contributed by atoms with Gasteiger partial charge < -0.3 is 15.2 Å². The van der Waals surface area contributed by atoms with E-state index in [0.717, 1.165) is 0 Å². The number of ether oxygens (including phenoxy) is 1. The first-order valence-corrected chi connectivity index (χ1v) is 5.75. The molecule has 0 aliphatic heterocycles. The van der Waals surface area contributed by atoms with E-state index in [-0.39, 0.29) is 22.7 Å². The minimum atomic E-state index is -1.64. The maximum Gasteiger partial charge on any atom is 0.255 e. The van der Waals surface area contributed by atoms with Crippen LogP contribution in [0.15, 0.2) is 30.3 Å². The number of methoxy groups -OCH3 is 1. The quantitative estimate of drug-likeness (QED) is 0.856. The molecule has 0 aromatic heterocycles. The first-order chi connectivity index (χ1) is 9.92. The van der Waals surface area contributed by atoms with Gasteiger partial charge in [0.05, 0.1) is 7.11 Å². The predicted molar refractivity (Wildman–Crippen MR) is 68.9 cm³/mol. The van der Waals surface area contributed by atoms with Crippen LogP contribution in [0.2, 0.25) is 0 Å². The Hall–Kier alpha value is -2.70. The smallest absolute Gasteiger partial charge is 0.255 e. The normalized spacial score (nSPS) is 10.3. The highest BCUT2D eigenvalue weighted by Gasteiger charge is 2.15. The molecule has 0 aliphatic rings. The zero-order chi connectivity index (χ0) is 15.6. The average molecular weight is 297 g/mol. The van der Waals surface area contributed by atoms with Gasteiger partial charge in [-0.15, -0.1) is 0 Å². The number of anilines is 1. The molecule has 2 aromatic rings. The van der Waals surface area contributed by atoms with E-state index in [4.69, 9.17) is 4.74 Å². The maximum atomic E-state index is 13.1. The Labute approximate surface area is 117 Å². The summed E-state index contributed by atoms with van der Waals surface area (Å²) in [5.74, 6) is -5.43. The summed E-state index contributed by atoms with van der Waals surface area (Å²) < 4.78 is 43.7. The molecule has 0 heterocycles. The molecule has 21 heavy (non-hydrogen) atoms. The van der Waals surface area contributed by atoms with Crippen molar-refractivity contribution in [3.63, 3.8) is 0 Å². The molecule has 4 nitrogen and oxygen atoms in total. The van der Waals surface area contributed by atoms with E-state index in [1.54, 1.807) is 0 Å². The topological polar surface area (TPSA) is 58.6 Å². The molecule has 2 rings (SSSR count). The monoisotopic (exact) mass is 297 g/mol. The van der Waals surface area contributed by atoms with E-state index < -0.39 is 23.4 Å². The average Bonchev–Trinajstić information content (AvgIpc) is 2.44. The van der Waals surface area contributed by atoms with Crippen molar-refractivity contribution in [2.45, 2.75) is 0 Å². The van der Waals surface area contributed by atoms with Crippen LogP contribution in [0.4, 0.5) is 18.9 Å². The Morgan fingerprint density at radius 1 is 1.14 bits per heavy atom. The van der Waals surface area contributed by atoms with Gasteiger partial charge in [0, 0.05) is 17.3 Å². The lowest BCUT2D eigenvalue weighted by molar-refractivity contribution is 0.102. The minimum Gasteiger partial charge on any atom is -0.504 e. The van der Waals surface area contributed by atoms with Gasteiger partial charge in [-0.3, -0.25) is 4.79 Å². The molecule has 110 valence electrons. The fraction of sp³-hybridized carbons (Fsp3) is 0.0714. The van der Waals surface area contributed by atoms with E-state index in [9.17, 15) is 23.1 Å². The molecule has 0 unspecified atom stereocenters. The lowest BCUT2D eigenvalue weighted by Gasteiger charge is -2.08. The standard InChI is InChI=1S/C14H10F3NO3/c1-21-12-3-2-8(6-11(12)19)18-14(20)7-4-9(15)13(17)10(16)5-7/h2-6,19H,1H3,(H,18,20). The summed E-state index contributed by atoms with van der Waals surface area (Å²) >= 11 is 0. The lowest BCUT2D eigenvalue weighted by Crippen LogP contribution is -2.13. The second-order valence-electron chi connectivity index (χ2n) is 4.09. The van der Waals surface area contributed by atoms with Crippen molar-refractivity contribution < 1.29 is 27.8 Å². The Morgan fingerprint density at radius 3 is 2.29 bits per heavy atom. The summed E-state index contributed by atoms with van der Waals surface area (Å²) in [6.07, 6.45) is 0. The molecular formula is C14H10F3NO3. The summed E-state index contributed by atoms with van der Waals surface area (Å²) in [5.41, 5.74) is -0.204. The second kappa shape index (κ2) is 5.74. The second-order valence-corrected chi connectivity index (χ2v) is 4.09. The van der Waals surface area contributed by atoms with Crippen LogP contribution in [0.5, 0.6) is 11.5 Å². The summed E-state index contributed by atoms with van der Waals surface area (Å²) in [4.78, 5) is 11.8. The molecule has 1 amide bonds. The predicted octanol–water partition coefficient (Wildman–Crippen LogP) is 3.07. The Balaban J connectivity index is 2.24. The van der Waals surface area contributed by atoms with Crippen molar-refractivity contribution in [1.29, 1.82) is 0 Å². The Morgan fingerprint density at radius 2 is 1.76 bits per heavy atom. The molecule has 7 heteroatoms. The van der Waals surface area contributed by atoms with Crippen molar-refractivity contribution in [2.24, 2.45) is 0 Å². The third-order valence-electron chi connectivity index (χ3n) is 2.68. The minimum absolute atomic E-state index is 0.184. The third kappa shape index (κ3) is 3.07. The molecule has 2 aromatic carbocycles. The number of carbonyl (C=O) groups excluding carboxylic acids is 1. The van der Waals surface area contributed by atoms with Crippen molar-refractivity contribution in [2.75, 3.05) is 12.4 Å². The van der Waals surface area contributed by atoms with Gasteiger partial charge >= 0.3 is 0 Å². The van der Waals surface area contributed by atoms with Crippen LogP contribution in [-0.4, -0.2) is 18.1 Å². The van der Waals surface area contributed by atoms with Crippen molar-refractivity contribution in [3.8, 4) is 11.5 Å². The molecule has 0 fully saturated rings. The number of halogens is 3. The number of carbonyl (C=O) groups is 1. The number of aromatic hydroxyl groups is 1. The van der Waals surface area contributed by atoms with Crippen molar-refractivity contribution in [1.82, 2.24) is 0 Å². The van der Waals surface area contributed by atoms with E-state index in [2.05, 4.69) is 5.32 Å². The van der Waals surface area contributed by atoms with Gasteiger partial charge in [0.25, 0.3) is 5.91 Å². The first kappa shape index (κ1) is 14.7. The van der Waals surface area contributed by atoms with Crippen molar-refractivity contribution in [3.05, 3.63) is 53.3 Å². The molecule has 0 spiro atoms. The Kier molecular flexibility index (Phi) is 4.02. The Bertz CT molecular complexity index is 681. The maximum absolute atomic E-state index is 13.1. The number of phenolic OH excluding ortho intramolecular Hbond substituents is 1. The van der Waals surface area contributed by atoms with Gasteiger partial charge in [-0.25, -0.2) is 13.2 Å². The van der Waals surface area contributed by atoms with Gasteiger partial charge in [0.15, 0.2) is 29.0 Å². The van der Waals surface area contributed by atoms with E-state index in [1.807, 2.05) is 0 Å². The largest absolute Gasteiger partial charge is 0.504 e. The molecule has 0 bridgehead atoms. The molecule has 0 radical (unpaired) electrons. The zero-order valence-electron chi connectivity index (χ0n) is 10.8.